The lowest BCUT2D eigenvalue weighted by Crippen LogP contribution is -2.40. The molecule has 8 nitrogen and oxygen atoms in total. The molecule has 50 heavy (non-hydrogen) atoms. The summed E-state index contributed by atoms with van der Waals surface area (Å²) in [7, 11) is 1.51. The molecule has 5 aromatic rings. The smallest absolute Gasteiger partial charge is 0.251 e. The molecular weight excluding hydrogens is 670 g/mol. The van der Waals surface area contributed by atoms with Gasteiger partial charge in [0.05, 0.1) is 42.7 Å². The van der Waals surface area contributed by atoms with Crippen LogP contribution in [0.5, 0.6) is 5.75 Å². The highest BCUT2D eigenvalue weighted by atomic mass is 32.1. The number of halogens is 4. The minimum atomic E-state index is -2.43. The summed E-state index contributed by atoms with van der Waals surface area (Å²) in [5.74, 6) is -1.81. The van der Waals surface area contributed by atoms with Crippen LogP contribution in [0.25, 0.3) is 43.9 Å². The Kier molecular flexibility index (Phi) is 9.46. The molecule has 0 spiro atoms. The lowest BCUT2D eigenvalue weighted by molar-refractivity contribution is -0.129. The van der Waals surface area contributed by atoms with E-state index in [1.165, 1.54) is 24.5 Å². The number of ether oxygens (including phenoxy) is 2. The quantitative estimate of drug-likeness (QED) is 0.0852. The number of nitrogens with zero attached hydrogens (tertiary/aromatic N) is 5. The fraction of sp³-hybridized carbons (Fsp3) is 0.324. The number of carbonyl (C=O) groups excluding carboxylic acids is 1. The molecule has 2 aliphatic rings. The van der Waals surface area contributed by atoms with Gasteiger partial charge in [-0.15, -0.1) is 11.3 Å². The lowest BCUT2D eigenvalue weighted by atomic mass is 9.93. The second kappa shape index (κ2) is 14.0. The monoisotopic (exact) mass is 705 g/mol. The number of thiophene rings is 1. The standard InChI is InChI=1S/C37H35F4N5O3S/c1-4-32(47)45-10-11-46-29(21(45)2)18-28(43-46)36-34(33-27(39)16-25(38)17-30(33)49-13-12-48-3)37-26(8-14-50-37)35(42-36)23-6-5-22-7-9-44(20-31(40)41)19-24(22)15-23/h4-6,8,14-18,21,31H,1,7,9-13,19-20H2,2-3H3. The zero-order valence-corrected chi connectivity index (χ0v) is 28.4. The van der Waals surface area contributed by atoms with E-state index in [0.717, 1.165) is 39.9 Å². The van der Waals surface area contributed by atoms with E-state index >= 15 is 4.39 Å². The molecule has 1 amide bonds. The largest absolute Gasteiger partial charge is 0.490 e. The molecule has 0 fully saturated rings. The van der Waals surface area contributed by atoms with Crippen LogP contribution >= 0.6 is 11.3 Å². The number of methoxy groups -OCH3 is 1. The van der Waals surface area contributed by atoms with Gasteiger partial charge in [0.25, 0.3) is 6.43 Å². The second-order valence-electron chi connectivity index (χ2n) is 12.4. The topological polar surface area (TPSA) is 72.7 Å². The first kappa shape index (κ1) is 33.9. The number of hydrogen-bond donors (Lipinski definition) is 0. The van der Waals surface area contributed by atoms with Gasteiger partial charge in [-0.25, -0.2) is 22.5 Å². The van der Waals surface area contributed by atoms with Gasteiger partial charge in [-0.3, -0.25) is 14.4 Å². The van der Waals surface area contributed by atoms with E-state index in [-0.39, 0.29) is 43.0 Å². The van der Waals surface area contributed by atoms with Crippen molar-refractivity contribution in [3.05, 3.63) is 89.0 Å². The summed E-state index contributed by atoms with van der Waals surface area (Å²) in [6, 6.07) is 11.4. The molecule has 0 radical (unpaired) electrons. The Balaban J connectivity index is 1.45. The number of benzene rings is 2. The minimum absolute atomic E-state index is 0.00181. The van der Waals surface area contributed by atoms with Gasteiger partial charge in [0.15, 0.2) is 0 Å². The molecule has 3 aromatic heterocycles. The van der Waals surface area contributed by atoms with Gasteiger partial charge in [0, 0.05) is 60.1 Å². The van der Waals surface area contributed by atoms with Crippen molar-refractivity contribution in [2.45, 2.75) is 38.9 Å². The van der Waals surface area contributed by atoms with Crippen LogP contribution in [-0.2, 0) is 29.0 Å². The van der Waals surface area contributed by atoms with Crippen molar-refractivity contribution in [1.29, 1.82) is 0 Å². The van der Waals surface area contributed by atoms with Crippen molar-refractivity contribution in [1.82, 2.24) is 24.6 Å². The number of hydrogen-bond acceptors (Lipinski definition) is 7. The van der Waals surface area contributed by atoms with Crippen LogP contribution in [0.3, 0.4) is 0 Å². The summed E-state index contributed by atoms with van der Waals surface area (Å²) in [6.07, 6.45) is -0.483. The van der Waals surface area contributed by atoms with Crippen LogP contribution in [0.1, 0.15) is 29.8 Å². The van der Waals surface area contributed by atoms with Crippen LogP contribution in [0.2, 0.25) is 0 Å². The van der Waals surface area contributed by atoms with Crippen molar-refractivity contribution in [2.24, 2.45) is 0 Å². The Morgan fingerprint density at radius 3 is 2.68 bits per heavy atom. The Hall–Kier alpha value is -4.59. The van der Waals surface area contributed by atoms with Crippen molar-refractivity contribution in [2.75, 3.05) is 40.0 Å². The number of aromatic nitrogens is 3. The molecule has 5 heterocycles. The average Bonchev–Trinajstić information content (AvgIpc) is 3.76. The minimum Gasteiger partial charge on any atom is -0.490 e. The van der Waals surface area contributed by atoms with Gasteiger partial charge in [-0.05, 0) is 54.1 Å². The van der Waals surface area contributed by atoms with Crippen molar-refractivity contribution < 1.29 is 31.8 Å². The highest BCUT2D eigenvalue weighted by molar-refractivity contribution is 7.18. The molecule has 260 valence electrons. The van der Waals surface area contributed by atoms with Crippen LogP contribution < -0.4 is 4.74 Å². The van der Waals surface area contributed by atoms with Crippen molar-refractivity contribution in [3.63, 3.8) is 0 Å². The Labute approximate surface area is 290 Å². The normalized spacial score (nSPS) is 16.1. The van der Waals surface area contributed by atoms with E-state index in [2.05, 4.69) is 6.58 Å². The van der Waals surface area contributed by atoms with Crippen molar-refractivity contribution in [3.8, 4) is 39.5 Å². The Morgan fingerprint density at radius 2 is 1.90 bits per heavy atom. The summed E-state index contributed by atoms with van der Waals surface area (Å²) < 4.78 is 70.9. The van der Waals surface area contributed by atoms with E-state index in [1.54, 1.807) is 9.80 Å². The third-order valence-electron chi connectivity index (χ3n) is 9.35. The number of amides is 1. The van der Waals surface area contributed by atoms with Crippen LogP contribution in [-0.4, -0.2) is 76.9 Å². The summed E-state index contributed by atoms with van der Waals surface area (Å²) in [4.78, 5) is 21.3. The fourth-order valence-electron chi connectivity index (χ4n) is 6.95. The summed E-state index contributed by atoms with van der Waals surface area (Å²) in [5, 5.41) is 7.55. The third kappa shape index (κ3) is 6.29. The zero-order chi connectivity index (χ0) is 35.1. The molecule has 7 rings (SSSR count). The summed E-state index contributed by atoms with van der Waals surface area (Å²) >= 11 is 1.38. The predicted molar refractivity (Wildman–Crippen MR) is 184 cm³/mol. The maximum Gasteiger partial charge on any atom is 0.251 e. The Morgan fingerprint density at radius 1 is 1.06 bits per heavy atom. The number of alkyl halides is 2. The van der Waals surface area contributed by atoms with Gasteiger partial charge >= 0.3 is 0 Å². The molecule has 13 heteroatoms. The highest BCUT2D eigenvalue weighted by Crippen LogP contribution is 2.47. The molecule has 2 aromatic carbocycles. The molecule has 1 atom stereocenters. The average molecular weight is 706 g/mol. The first-order valence-corrected chi connectivity index (χ1v) is 17.2. The lowest BCUT2D eigenvalue weighted by Gasteiger charge is -2.33. The molecule has 0 N–H and O–H groups in total. The van der Waals surface area contributed by atoms with Crippen LogP contribution in [0, 0.1) is 11.6 Å². The van der Waals surface area contributed by atoms with Gasteiger partial charge < -0.3 is 14.4 Å². The predicted octanol–water partition coefficient (Wildman–Crippen LogP) is 7.51. The van der Waals surface area contributed by atoms with E-state index in [1.807, 2.05) is 47.3 Å². The van der Waals surface area contributed by atoms with Gasteiger partial charge in [0.2, 0.25) is 5.91 Å². The first-order chi connectivity index (χ1) is 24.2. The van der Waals surface area contributed by atoms with E-state index < -0.39 is 18.1 Å². The molecule has 0 aliphatic carbocycles. The second-order valence-corrected chi connectivity index (χ2v) is 13.3. The molecule has 0 saturated carbocycles. The fourth-order valence-corrected chi connectivity index (χ4v) is 7.90. The maximum absolute atomic E-state index is 16.1. The SMILES string of the molecule is C=CC(=O)N1CCn2nc(-c3nc(-c4ccc5c(c4)CN(CC(F)F)CC5)c4ccsc4c3-c3c(F)cc(F)cc3OCCOC)cc2C1C. The third-order valence-corrected chi connectivity index (χ3v) is 10.3. The van der Waals surface area contributed by atoms with Gasteiger partial charge in [-0.1, -0.05) is 18.7 Å². The molecule has 2 aliphatic heterocycles. The van der Waals surface area contributed by atoms with Gasteiger partial charge in [-0.2, -0.15) is 5.10 Å². The van der Waals surface area contributed by atoms with E-state index in [9.17, 15) is 18.0 Å². The summed E-state index contributed by atoms with van der Waals surface area (Å²) in [5.41, 5.74) is 5.43. The number of fused-ring (bicyclic) bond motifs is 3. The van der Waals surface area contributed by atoms with Crippen LogP contribution in [0.4, 0.5) is 17.6 Å². The highest BCUT2D eigenvalue weighted by Gasteiger charge is 2.32. The zero-order valence-electron chi connectivity index (χ0n) is 27.6. The van der Waals surface area contributed by atoms with Gasteiger partial charge in [0.1, 0.15) is 35.4 Å². The Bertz CT molecular complexity index is 2100. The number of pyridine rings is 1. The molecule has 0 bridgehead atoms. The first-order valence-electron chi connectivity index (χ1n) is 16.3. The number of rotatable bonds is 10. The summed E-state index contributed by atoms with van der Waals surface area (Å²) in [6.45, 7) is 7.31. The molecule has 1 unspecified atom stereocenters. The molecule has 0 saturated heterocycles. The number of carbonyl (C=O) groups is 1. The van der Waals surface area contributed by atoms with Crippen molar-refractivity contribution >= 4 is 27.3 Å². The van der Waals surface area contributed by atoms with Crippen LogP contribution in [0.15, 0.2) is 60.5 Å². The maximum atomic E-state index is 16.1. The molecular formula is C37H35F4N5O3S. The van der Waals surface area contributed by atoms with E-state index in [0.29, 0.717) is 59.9 Å². The van der Waals surface area contributed by atoms with E-state index in [4.69, 9.17) is 19.6 Å².